The van der Waals surface area contributed by atoms with E-state index in [9.17, 15) is 4.79 Å². The quantitative estimate of drug-likeness (QED) is 0.810. The van der Waals surface area contributed by atoms with Gasteiger partial charge in [-0.15, -0.1) is 11.8 Å². The smallest absolute Gasteiger partial charge is 0.234 e. The molecule has 1 aromatic carbocycles. The fourth-order valence-corrected chi connectivity index (χ4v) is 2.08. The van der Waals surface area contributed by atoms with Gasteiger partial charge in [0.25, 0.3) is 0 Å². The highest BCUT2D eigenvalue weighted by molar-refractivity contribution is 7.99. The van der Waals surface area contributed by atoms with E-state index in [0.717, 1.165) is 17.0 Å². The van der Waals surface area contributed by atoms with Gasteiger partial charge in [0.05, 0.1) is 12.4 Å². The van der Waals surface area contributed by atoms with Gasteiger partial charge in [-0.3, -0.25) is 4.79 Å². The number of aryl methyl sites for hydroxylation is 1. The lowest BCUT2D eigenvalue weighted by Crippen LogP contribution is -2.15. The van der Waals surface area contributed by atoms with Crippen LogP contribution in [-0.4, -0.2) is 31.1 Å². The summed E-state index contributed by atoms with van der Waals surface area (Å²) in [5, 5.41) is 3.47. The molecule has 0 aliphatic heterocycles. The number of hydrogen-bond acceptors (Lipinski definition) is 3. The van der Waals surface area contributed by atoms with E-state index in [2.05, 4.69) is 5.32 Å². The molecule has 0 heterocycles. The third-order valence-corrected chi connectivity index (χ3v) is 3.30. The lowest BCUT2D eigenvalue weighted by atomic mass is 10.2. The summed E-state index contributed by atoms with van der Waals surface area (Å²) in [6, 6.07) is 5.45. The van der Waals surface area contributed by atoms with Crippen LogP contribution in [0.2, 0.25) is 5.02 Å². The summed E-state index contributed by atoms with van der Waals surface area (Å²) in [7, 11) is 1.65. The van der Waals surface area contributed by atoms with E-state index in [-0.39, 0.29) is 5.91 Å². The summed E-state index contributed by atoms with van der Waals surface area (Å²) in [6.07, 6.45) is 0. The first-order valence-corrected chi connectivity index (χ1v) is 6.79. The molecule has 0 saturated heterocycles. The van der Waals surface area contributed by atoms with Gasteiger partial charge in [-0.05, 0) is 24.6 Å². The number of rotatable bonds is 6. The molecule has 0 atom stereocenters. The molecule has 0 aliphatic rings. The van der Waals surface area contributed by atoms with E-state index < -0.39 is 0 Å². The van der Waals surface area contributed by atoms with Gasteiger partial charge in [0.2, 0.25) is 5.91 Å². The Kier molecular flexibility index (Phi) is 6.40. The van der Waals surface area contributed by atoms with Crippen molar-refractivity contribution in [3.05, 3.63) is 28.8 Å². The van der Waals surface area contributed by atoms with Gasteiger partial charge >= 0.3 is 0 Å². The first-order valence-electron chi connectivity index (χ1n) is 5.26. The molecule has 1 aromatic rings. The van der Waals surface area contributed by atoms with Gasteiger partial charge in [-0.25, -0.2) is 0 Å². The number of ether oxygens (including phenoxy) is 1. The van der Waals surface area contributed by atoms with Crippen LogP contribution in [0.25, 0.3) is 0 Å². The molecular weight excluding hydrogens is 258 g/mol. The zero-order chi connectivity index (χ0) is 12.7. The molecule has 0 bridgehead atoms. The summed E-state index contributed by atoms with van der Waals surface area (Å²) >= 11 is 7.42. The minimum absolute atomic E-state index is 0.0172. The molecule has 0 spiro atoms. The summed E-state index contributed by atoms with van der Waals surface area (Å²) in [4.78, 5) is 11.6. The normalized spacial score (nSPS) is 10.3. The van der Waals surface area contributed by atoms with Gasteiger partial charge in [0.15, 0.2) is 0 Å². The number of amides is 1. The van der Waals surface area contributed by atoms with Crippen LogP contribution in [-0.2, 0) is 9.53 Å². The van der Waals surface area contributed by atoms with E-state index >= 15 is 0 Å². The Labute approximate surface area is 111 Å². The second-order valence-electron chi connectivity index (χ2n) is 3.55. The highest BCUT2D eigenvalue weighted by Gasteiger charge is 2.05. The Morgan fingerprint density at radius 2 is 2.29 bits per heavy atom. The minimum atomic E-state index is -0.0172. The minimum Gasteiger partial charge on any atom is -0.384 e. The first kappa shape index (κ1) is 14.4. The predicted octanol–water partition coefficient (Wildman–Crippen LogP) is 2.97. The molecule has 0 aromatic heterocycles. The maximum atomic E-state index is 11.6. The van der Waals surface area contributed by atoms with Gasteiger partial charge in [0, 0.05) is 23.6 Å². The van der Waals surface area contributed by atoms with Gasteiger partial charge < -0.3 is 10.1 Å². The average Bonchev–Trinajstić information content (AvgIpc) is 2.29. The standard InChI is InChI=1S/C12H16ClNO2S/c1-9-3-4-10(13)7-11(9)14-12(15)8-17-6-5-16-2/h3-4,7H,5-6,8H2,1-2H3,(H,14,15). The maximum Gasteiger partial charge on any atom is 0.234 e. The van der Waals surface area contributed by atoms with Crippen LogP contribution < -0.4 is 5.32 Å². The third-order valence-electron chi connectivity index (χ3n) is 2.14. The van der Waals surface area contributed by atoms with Crippen LogP contribution in [0.4, 0.5) is 5.69 Å². The van der Waals surface area contributed by atoms with Gasteiger partial charge in [-0.1, -0.05) is 17.7 Å². The SMILES string of the molecule is COCCSCC(=O)Nc1cc(Cl)ccc1C. The zero-order valence-electron chi connectivity index (χ0n) is 9.96. The van der Waals surface area contributed by atoms with Crippen LogP contribution in [0.15, 0.2) is 18.2 Å². The summed E-state index contributed by atoms with van der Waals surface area (Å²) in [5.74, 6) is 1.23. The number of nitrogens with one attached hydrogen (secondary N) is 1. The molecule has 1 N–H and O–H groups in total. The van der Waals surface area contributed by atoms with Crippen molar-refractivity contribution in [2.45, 2.75) is 6.92 Å². The van der Waals surface area contributed by atoms with E-state index in [4.69, 9.17) is 16.3 Å². The fraction of sp³-hybridized carbons (Fsp3) is 0.417. The van der Waals surface area contributed by atoms with E-state index in [1.807, 2.05) is 13.0 Å². The number of hydrogen-bond donors (Lipinski definition) is 1. The number of thioether (sulfide) groups is 1. The second kappa shape index (κ2) is 7.58. The molecule has 3 nitrogen and oxygen atoms in total. The molecular formula is C12H16ClNO2S. The number of anilines is 1. The van der Waals surface area contributed by atoms with Crippen molar-refractivity contribution in [3.8, 4) is 0 Å². The highest BCUT2D eigenvalue weighted by Crippen LogP contribution is 2.20. The lowest BCUT2D eigenvalue weighted by Gasteiger charge is -2.08. The Balaban J connectivity index is 2.42. The molecule has 0 fully saturated rings. The molecule has 94 valence electrons. The molecule has 17 heavy (non-hydrogen) atoms. The van der Waals surface area contributed by atoms with E-state index in [1.165, 1.54) is 0 Å². The van der Waals surface area contributed by atoms with Crippen molar-refractivity contribution in [2.75, 3.05) is 30.5 Å². The lowest BCUT2D eigenvalue weighted by molar-refractivity contribution is -0.113. The molecule has 1 rings (SSSR count). The van der Waals surface area contributed by atoms with Gasteiger partial charge in [-0.2, -0.15) is 0 Å². The number of carbonyl (C=O) groups excluding carboxylic acids is 1. The van der Waals surface area contributed by atoms with Crippen molar-refractivity contribution < 1.29 is 9.53 Å². The Morgan fingerprint density at radius 1 is 1.53 bits per heavy atom. The number of methoxy groups -OCH3 is 1. The van der Waals surface area contributed by atoms with E-state index in [1.54, 1.807) is 31.0 Å². The second-order valence-corrected chi connectivity index (χ2v) is 5.09. The van der Waals surface area contributed by atoms with Crippen LogP contribution in [0.3, 0.4) is 0 Å². The Hall–Kier alpha value is -0.710. The molecule has 0 radical (unpaired) electrons. The van der Waals surface area contributed by atoms with Crippen molar-refractivity contribution in [3.63, 3.8) is 0 Å². The van der Waals surface area contributed by atoms with Crippen LogP contribution >= 0.6 is 23.4 Å². The van der Waals surface area contributed by atoms with Crippen molar-refractivity contribution >= 4 is 35.0 Å². The number of carbonyl (C=O) groups is 1. The van der Waals surface area contributed by atoms with Crippen LogP contribution in [0, 0.1) is 6.92 Å². The first-order chi connectivity index (χ1) is 8.13. The average molecular weight is 274 g/mol. The summed E-state index contributed by atoms with van der Waals surface area (Å²) in [6.45, 7) is 2.60. The fourth-order valence-electron chi connectivity index (χ4n) is 1.22. The van der Waals surface area contributed by atoms with E-state index in [0.29, 0.717) is 17.4 Å². The van der Waals surface area contributed by atoms with Crippen molar-refractivity contribution in [1.29, 1.82) is 0 Å². The summed E-state index contributed by atoms with van der Waals surface area (Å²) < 4.78 is 4.91. The van der Waals surface area contributed by atoms with Gasteiger partial charge in [0.1, 0.15) is 0 Å². The van der Waals surface area contributed by atoms with Crippen molar-refractivity contribution in [1.82, 2.24) is 0 Å². The number of halogens is 1. The Bertz CT molecular complexity index is 385. The molecule has 0 aliphatic carbocycles. The zero-order valence-corrected chi connectivity index (χ0v) is 11.5. The predicted molar refractivity (Wildman–Crippen MR) is 74.0 cm³/mol. The summed E-state index contributed by atoms with van der Waals surface area (Å²) in [5.41, 5.74) is 1.78. The van der Waals surface area contributed by atoms with Crippen LogP contribution in [0.1, 0.15) is 5.56 Å². The molecule has 0 saturated carbocycles. The third kappa shape index (κ3) is 5.44. The molecule has 5 heteroatoms. The number of benzene rings is 1. The topological polar surface area (TPSA) is 38.3 Å². The molecule has 0 unspecified atom stereocenters. The largest absolute Gasteiger partial charge is 0.384 e. The van der Waals surface area contributed by atoms with Crippen LogP contribution in [0.5, 0.6) is 0 Å². The highest BCUT2D eigenvalue weighted by atomic mass is 35.5. The monoisotopic (exact) mass is 273 g/mol. The Morgan fingerprint density at radius 3 is 3.00 bits per heavy atom. The molecule has 1 amide bonds. The maximum absolute atomic E-state index is 11.6. The van der Waals surface area contributed by atoms with Crippen molar-refractivity contribution in [2.24, 2.45) is 0 Å².